The van der Waals surface area contributed by atoms with Gasteiger partial charge in [-0.25, -0.2) is 4.39 Å². The van der Waals surface area contributed by atoms with Gasteiger partial charge in [0.2, 0.25) is 5.91 Å². The maximum Gasteiger partial charge on any atom is 0.246 e. The van der Waals surface area contributed by atoms with Gasteiger partial charge >= 0.3 is 0 Å². The van der Waals surface area contributed by atoms with E-state index in [9.17, 15) is 14.0 Å². The average molecular weight is 275 g/mol. The van der Waals surface area contributed by atoms with E-state index in [-0.39, 0.29) is 31.3 Å². The van der Waals surface area contributed by atoms with Gasteiger partial charge in [0, 0.05) is 18.4 Å². The maximum absolute atomic E-state index is 13.5. The zero-order chi connectivity index (χ0) is 15.3. The molecule has 5 heteroatoms. The number of ketones is 1. The first-order chi connectivity index (χ1) is 8.42. The third kappa shape index (κ3) is 9.59. The van der Waals surface area contributed by atoms with Gasteiger partial charge in [0.15, 0.2) is 0 Å². The van der Waals surface area contributed by atoms with Gasteiger partial charge in [-0.05, 0) is 20.8 Å². The predicted molar refractivity (Wildman–Crippen MR) is 72.7 cm³/mol. The average Bonchev–Trinajstić information content (AvgIpc) is 2.21. The van der Waals surface area contributed by atoms with Crippen LogP contribution in [0.4, 0.5) is 4.39 Å². The highest BCUT2D eigenvalue weighted by molar-refractivity contribution is 5.84. The second-order valence-corrected chi connectivity index (χ2v) is 6.68. The van der Waals surface area contributed by atoms with Crippen LogP contribution >= 0.6 is 0 Å². The van der Waals surface area contributed by atoms with Crippen LogP contribution in [0.2, 0.25) is 0 Å². The molecule has 0 heterocycles. The number of hydrogen-bond acceptors (Lipinski definition) is 3. The minimum Gasteiger partial charge on any atom is -0.366 e. The quantitative estimate of drug-likeness (QED) is 0.809. The number of carbonyl (C=O) groups is 2. The number of halogens is 1. The second-order valence-electron chi connectivity index (χ2n) is 6.68. The zero-order valence-corrected chi connectivity index (χ0v) is 12.8. The Morgan fingerprint density at radius 1 is 1.16 bits per heavy atom. The molecular weight excluding hydrogens is 249 g/mol. The highest BCUT2D eigenvalue weighted by atomic mass is 19.1. The standard InChI is InChI=1S/C14H26FNO3/c1-13(2,3)11(17)7-10(15)8-16-12(18)9-19-14(4,5)6/h10H,7-9H2,1-6H3,(H,16,18)/t10-/m1/s1. The molecule has 0 saturated carbocycles. The molecule has 0 bridgehead atoms. The van der Waals surface area contributed by atoms with Gasteiger partial charge < -0.3 is 10.1 Å². The van der Waals surface area contributed by atoms with Crippen molar-refractivity contribution in [1.29, 1.82) is 0 Å². The van der Waals surface area contributed by atoms with Crippen LogP contribution in [0, 0.1) is 5.41 Å². The van der Waals surface area contributed by atoms with Crippen molar-refractivity contribution in [3.8, 4) is 0 Å². The summed E-state index contributed by atoms with van der Waals surface area (Å²) in [6.07, 6.45) is -1.53. The van der Waals surface area contributed by atoms with Crippen molar-refractivity contribution in [3.63, 3.8) is 0 Å². The Kier molecular flexibility index (Phi) is 6.63. The number of alkyl halides is 1. The lowest BCUT2D eigenvalue weighted by atomic mass is 9.88. The van der Waals surface area contributed by atoms with Gasteiger partial charge in [-0.1, -0.05) is 20.8 Å². The Labute approximate surface area is 115 Å². The molecule has 0 aromatic heterocycles. The van der Waals surface area contributed by atoms with E-state index >= 15 is 0 Å². The van der Waals surface area contributed by atoms with Crippen LogP contribution < -0.4 is 5.32 Å². The van der Waals surface area contributed by atoms with Crippen LogP contribution in [-0.4, -0.2) is 36.6 Å². The lowest BCUT2D eigenvalue weighted by Gasteiger charge is -2.20. The van der Waals surface area contributed by atoms with E-state index in [1.165, 1.54) is 0 Å². The van der Waals surface area contributed by atoms with E-state index in [4.69, 9.17) is 4.74 Å². The summed E-state index contributed by atoms with van der Waals surface area (Å²) in [6.45, 7) is 10.5. The normalized spacial score (nSPS) is 14.1. The van der Waals surface area contributed by atoms with Gasteiger partial charge in [-0.3, -0.25) is 9.59 Å². The van der Waals surface area contributed by atoms with Crippen LogP contribution in [0.3, 0.4) is 0 Å². The van der Waals surface area contributed by atoms with Crippen LogP contribution in [0.15, 0.2) is 0 Å². The third-order valence-corrected chi connectivity index (χ3v) is 2.40. The van der Waals surface area contributed by atoms with E-state index in [2.05, 4.69) is 5.32 Å². The lowest BCUT2D eigenvalue weighted by molar-refractivity contribution is -0.131. The molecule has 1 atom stereocenters. The number of rotatable bonds is 6. The molecule has 0 fully saturated rings. The molecule has 19 heavy (non-hydrogen) atoms. The fourth-order valence-electron chi connectivity index (χ4n) is 1.14. The van der Waals surface area contributed by atoms with Crippen molar-refractivity contribution in [1.82, 2.24) is 5.32 Å². The number of hydrogen-bond donors (Lipinski definition) is 1. The molecule has 1 N–H and O–H groups in total. The van der Waals surface area contributed by atoms with Crippen LogP contribution in [0.1, 0.15) is 48.0 Å². The van der Waals surface area contributed by atoms with Crippen molar-refractivity contribution in [2.24, 2.45) is 5.41 Å². The Morgan fingerprint density at radius 3 is 2.11 bits per heavy atom. The number of Topliss-reactive ketones (excluding diaryl/α,β-unsaturated/α-hetero) is 1. The largest absolute Gasteiger partial charge is 0.366 e. The molecule has 0 rings (SSSR count). The third-order valence-electron chi connectivity index (χ3n) is 2.40. The molecule has 0 spiro atoms. The number of amides is 1. The van der Waals surface area contributed by atoms with Gasteiger partial charge in [0.1, 0.15) is 18.6 Å². The molecule has 0 radical (unpaired) electrons. The lowest BCUT2D eigenvalue weighted by Crippen LogP contribution is -2.37. The molecule has 4 nitrogen and oxygen atoms in total. The monoisotopic (exact) mass is 275 g/mol. The van der Waals surface area contributed by atoms with Gasteiger partial charge in [-0.2, -0.15) is 0 Å². The summed E-state index contributed by atoms with van der Waals surface area (Å²) in [4.78, 5) is 23.0. The topological polar surface area (TPSA) is 55.4 Å². The fraction of sp³-hybridized carbons (Fsp3) is 0.857. The number of nitrogens with one attached hydrogen (secondary N) is 1. The molecule has 0 aliphatic heterocycles. The van der Waals surface area contributed by atoms with E-state index in [0.717, 1.165) is 0 Å². The minimum atomic E-state index is -1.36. The molecule has 1 amide bonds. The molecule has 0 aromatic carbocycles. The maximum atomic E-state index is 13.5. The number of carbonyl (C=O) groups excluding carboxylic acids is 2. The van der Waals surface area contributed by atoms with E-state index < -0.39 is 17.2 Å². The first-order valence-corrected chi connectivity index (χ1v) is 6.50. The van der Waals surface area contributed by atoms with Crippen molar-refractivity contribution >= 4 is 11.7 Å². The predicted octanol–water partition coefficient (Wildman–Crippen LogP) is 2.26. The van der Waals surface area contributed by atoms with Gasteiger partial charge in [0.05, 0.1) is 5.60 Å². The van der Waals surface area contributed by atoms with Crippen LogP contribution in [0.5, 0.6) is 0 Å². The molecule has 0 aliphatic rings. The van der Waals surface area contributed by atoms with Crippen molar-refractivity contribution in [3.05, 3.63) is 0 Å². The zero-order valence-electron chi connectivity index (χ0n) is 12.8. The molecule has 112 valence electrons. The smallest absolute Gasteiger partial charge is 0.246 e. The molecular formula is C14H26FNO3. The van der Waals surface area contributed by atoms with Gasteiger partial charge in [0.25, 0.3) is 0 Å². The molecule has 0 aliphatic carbocycles. The van der Waals surface area contributed by atoms with Gasteiger partial charge in [-0.15, -0.1) is 0 Å². The SMILES string of the molecule is CC(C)(C)OCC(=O)NC[C@H](F)CC(=O)C(C)(C)C. The molecule has 0 unspecified atom stereocenters. The van der Waals surface area contributed by atoms with E-state index in [1.807, 2.05) is 20.8 Å². The van der Waals surface area contributed by atoms with Crippen molar-refractivity contribution in [2.75, 3.05) is 13.2 Å². The Hall–Kier alpha value is -0.970. The number of ether oxygens (including phenoxy) is 1. The summed E-state index contributed by atoms with van der Waals surface area (Å²) in [6, 6.07) is 0. The van der Waals surface area contributed by atoms with E-state index in [0.29, 0.717) is 0 Å². The summed E-state index contributed by atoms with van der Waals surface area (Å²) in [7, 11) is 0. The summed E-state index contributed by atoms with van der Waals surface area (Å²) < 4.78 is 18.8. The van der Waals surface area contributed by atoms with Crippen molar-refractivity contribution < 1.29 is 18.7 Å². The van der Waals surface area contributed by atoms with Crippen molar-refractivity contribution in [2.45, 2.75) is 59.7 Å². The van der Waals surface area contributed by atoms with E-state index in [1.54, 1.807) is 20.8 Å². The minimum absolute atomic E-state index is 0.108. The van der Waals surface area contributed by atoms with Crippen LogP contribution in [-0.2, 0) is 14.3 Å². The highest BCUT2D eigenvalue weighted by Gasteiger charge is 2.24. The summed E-state index contributed by atoms with van der Waals surface area (Å²) in [5.41, 5.74) is -0.960. The summed E-state index contributed by atoms with van der Waals surface area (Å²) in [5.74, 6) is -0.527. The Morgan fingerprint density at radius 2 is 1.68 bits per heavy atom. The first kappa shape index (κ1) is 18.0. The highest BCUT2D eigenvalue weighted by Crippen LogP contribution is 2.18. The van der Waals surface area contributed by atoms with Crippen LogP contribution in [0.25, 0.3) is 0 Å². The Bertz CT molecular complexity index is 316. The molecule has 0 saturated heterocycles. The first-order valence-electron chi connectivity index (χ1n) is 6.50. The summed E-state index contributed by atoms with van der Waals surface area (Å²) >= 11 is 0. The summed E-state index contributed by atoms with van der Waals surface area (Å²) in [5, 5.41) is 2.42. The Balaban J connectivity index is 3.94. The molecule has 0 aromatic rings. The second kappa shape index (κ2) is 6.98. The fourth-order valence-corrected chi connectivity index (χ4v) is 1.14.